The Labute approximate surface area is 133 Å². The number of nitrogens with one attached hydrogen (secondary N) is 1. The SMILES string of the molecule is CNCCc1nc2ccccc2n1Cc1ccc([N+](=O)[O-])cc1. The van der Waals surface area contributed by atoms with Crippen molar-refractivity contribution in [1.82, 2.24) is 14.9 Å². The van der Waals surface area contributed by atoms with Gasteiger partial charge in [-0.2, -0.15) is 0 Å². The quantitative estimate of drug-likeness (QED) is 0.561. The van der Waals surface area contributed by atoms with Crippen LogP contribution in [-0.2, 0) is 13.0 Å². The lowest BCUT2D eigenvalue weighted by Gasteiger charge is -2.09. The molecule has 0 saturated carbocycles. The maximum Gasteiger partial charge on any atom is 0.269 e. The average molecular weight is 310 g/mol. The van der Waals surface area contributed by atoms with Gasteiger partial charge >= 0.3 is 0 Å². The van der Waals surface area contributed by atoms with Crippen molar-refractivity contribution < 1.29 is 4.92 Å². The molecule has 118 valence electrons. The number of non-ortho nitro benzene ring substituents is 1. The molecule has 3 aromatic rings. The summed E-state index contributed by atoms with van der Waals surface area (Å²) in [6.45, 7) is 1.50. The van der Waals surface area contributed by atoms with Crippen LogP contribution < -0.4 is 5.32 Å². The molecule has 0 saturated heterocycles. The summed E-state index contributed by atoms with van der Waals surface area (Å²) < 4.78 is 2.17. The summed E-state index contributed by atoms with van der Waals surface area (Å²) in [6.07, 6.45) is 0.832. The molecule has 23 heavy (non-hydrogen) atoms. The molecule has 6 heteroatoms. The Hall–Kier alpha value is -2.73. The second kappa shape index (κ2) is 6.58. The maximum absolute atomic E-state index is 10.8. The number of nitrogens with zero attached hydrogens (tertiary/aromatic N) is 3. The first-order valence-corrected chi connectivity index (χ1v) is 7.51. The number of fused-ring (bicyclic) bond motifs is 1. The minimum absolute atomic E-state index is 0.111. The lowest BCUT2D eigenvalue weighted by Crippen LogP contribution is -2.14. The fourth-order valence-electron chi connectivity index (χ4n) is 2.64. The highest BCUT2D eigenvalue weighted by atomic mass is 16.6. The summed E-state index contributed by atoms with van der Waals surface area (Å²) in [6, 6.07) is 14.7. The highest BCUT2D eigenvalue weighted by Crippen LogP contribution is 2.19. The van der Waals surface area contributed by atoms with E-state index >= 15 is 0 Å². The zero-order chi connectivity index (χ0) is 16.2. The van der Waals surface area contributed by atoms with E-state index < -0.39 is 0 Å². The van der Waals surface area contributed by atoms with E-state index in [1.807, 2.05) is 25.2 Å². The molecule has 0 fully saturated rings. The Morgan fingerprint density at radius 2 is 1.91 bits per heavy atom. The molecule has 0 spiro atoms. The predicted molar refractivity (Wildman–Crippen MR) is 89.6 cm³/mol. The molecule has 0 radical (unpaired) electrons. The number of rotatable bonds is 6. The third kappa shape index (κ3) is 3.22. The number of benzene rings is 2. The van der Waals surface area contributed by atoms with Gasteiger partial charge in [0.2, 0.25) is 0 Å². The zero-order valence-electron chi connectivity index (χ0n) is 12.9. The summed E-state index contributed by atoms with van der Waals surface area (Å²) >= 11 is 0. The van der Waals surface area contributed by atoms with E-state index in [1.165, 1.54) is 0 Å². The summed E-state index contributed by atoms with van der Waals surface area (Å²) in [4.78, 5) is 15.1. The Kier molecular flexibility index (Phi) is 4.34. The van der Waals surface area contributed by atoms with E-state index in [2.05, 4.69) is 16.0 Å². The largest absolute Gasteiger partial charge is 0.323 e. The minimum Gasteiger partial charge on any atom is -0.323 e. The van der Waals surface area contributed by atoms with Crippen molar-refractivity contribution >= 4 is 16.7 Å². The lowest BCUT2D eigenvalue weighted by atomic mass is 10.2. The van der Waals surface area contributed by atoms with Gasteiger partial charge in [-0.15, -0.1) is 0 Å². The van der Waals surface area contributed by atoms with Crippen LogP contribution in [0.2, 0.25) is 0 Å². The lowest BCUT2D eigenvalue weighted by molar-refractivity contribution is -0.384. The molecular weight excluding hydrogens is 292 g/mol. The number of likely N-dealkylation sites (N-methyl/N-ethyl adjacent to an activating group) is 1. The molecule has 0 unspecified atom stereocenters. The number of nitro groups is 1. The number of aromatic nitrogens is 2. The number of hydrogen-bond donors (Lipinski definition) is 1. The van der Waals surface area contributed by atoms with Gasteiger partial charge in [-0.05, 0) is 24.7 Å². The molecular formula is C17H18N4O2. The molecule has 0 aliphatic carbocycles. The zero-order valence-corrected chi connectivity index (χ0v) is 12.9. The van der Waals surface area contributed by atoms with Gasteiger partial charge in [0, 0.05) is 31.6 Å². The van der Waals surface area contributed by atoms with Gasteiger partial charge in [-0.25, -0.2) is 4.98 Å². The van der Waals surface area contributed by atoms with Crippen LogP contribution >= 0.6 is 0 Å². The normalized spacial score (nSPS) is 11.0. The van der Waals surface area contributed by atoms with Gasteiger partial charge in [0.05, 0.1) is 16.0 Å². The van der Waals surface area contributed by atoms with Crippen molar-refractivity contribution in [2.45, 2.75) is 13.0 Å². The Morgan fingerprint density at radius 1 is 1.17 bits per heavy atom. The average Bonchev–Trinajstić information content (AvgIpc) is 2.91. The van der Waals surface area contributed by atoms with Gasteiger partial charge in [0.1, 0.15) is 5.82 Å². The van der Waals surface area contributed by atoms with Gasteiger partial charge in [-0.3, -0.25) is 10.1 Å². The molecule has 6 nitrogen and oxygen atoms in total. The first-order chi connectivity index (χ1) is 11.2. The van der Waals surface area contributed by atoms with E-state index in [0.29, 0.717) is 6.54 Å². The van der Waals surface area contributed by atoms with Gasteiger partial charge in [-0.1, -0.05) is 24.3 Å². The highest BCUT2D eigenvalue weighted by molar-refractivity contribution is 5.76. The molecule has 1 N–H and O–H groups in total. The topological polar surface area (TPSA) is 73.0 Å². The second-order valence-electron chi connectivity index (χ2n) is 5.38. The van der Waals surface area contributed by atoms with Crippen molar-refractivity contribution in [1.29, 1.82) is 0 Å². The van der Waals surface area contributed by atoms with E-state index in [4.69, 9.17) is 4.98 Å². The van der Waals surface area contributed by atoms with Crippen LogP contribution in [0.25, 0.3) is 11.0 Å². The molecule has 2 aromatic carbocycles. The van der Waals surface area contributed by atoms with Crippen LogP contribution in [0.3, 0.4) is 0 Å². The third-order valence-electron chi connectivity index (χ3n) is 3.82. The summed E-state index contributed by atoms with van der Waals surface area (Å²) in [5.41, 5.74) is 3.18. The summed E-state index contributed by atoms with van der Waals surface area (Å²) in [5.74, 6) is 1.01. The van der Waals surface area contributed by atoms with Crippen molar-refractivity contribution in [2.24, 2.45) is 0 Å². The number of imidazole rings is 1. The fourth-order valence-corrected chi connectivity index (χ4v) is 2.64. The third-order valence-corrected chi connectivity index (χ3v) is 3.82. The van der Waals surface area contributed by atoms with Crippen LogP contribution in [0.15, 0.2) is 48.5 Å². The first kappa shape index (κ1) is 15.2. The number of para-hydroxylation sites is 2. The molecule has 0 atom stereocenters. The fraction of sp³-hybridized carbons (Fsp3) is 0.235. The maximum atomic E-state index is 10.8. The molecule has 0 aliphatic rings. The highest BCUT2D eigenvalue weighted by Gasteiger charge is 2.11. The van der Waals surface area contributed by atoms with Crippen molar-refractivity contribution in [3.05, 3.63) is 70.0 Å². The Bertz CT molecular complexity index is 824. The standard InChI is InChI=1S/C17H18N4O2/c1-18-11-10-17-19-15-4-2-3-5-16(15)20(17)12-13-6-8-14(9-7-13)21(22)23/h2-9,18H,10-12H2,1H3. The van der Waals surface area contributed by atoms with Crippen molar-refractivity contribution in [2.75, 3.05) is 13.6 Å². The molecule has 0 bridgehead atoms. The minimum atomic E-state index is -0.380. The number of nitro benzene ring substituents is 1. The van der Waals surface area contributed by atoms with E-state index in [9.17, 15) is 10.1 Å². The van der Waals surface area contributed by atoms with Crippen LogP contribution in [0.4, 0.5) is 5.69 Å². The van der Waals surface area contributed by atoms with Gasteiger partial charge in [0.15, 0.2) is 0 Å². The van der Waals surface area contributed by atoms with Gasteiger partial charge < -0.3 is 9.88 Å². The predicted octanol–water partition coefficient (Wildman–Crippen LogP) is 2.75. The second-order valence-corrected chi connectivity index (χ2v) is 5.38. The molecule has 0 amide bonds. The van der Waals surface area contributed by atoms with E-state index in [1.54, 1.807) is 24.3 Å². The monoisotopic (exact) mass is 310 g/mol. The summed E-state index contributed by atoms with van der Waals surface area (Å²) in [7, 11) is 1.92. The van der Waals surface area contributed by atoms with Crippen LogP contribution in [-0.4, -0.2) is 28.1 Å². The van der Waals surface area contributed by atoms with E-state index in [-0.39, 0.29) is 10.6 Å². The van der Waals surface area contributed by atoms with E-state index in [0.717, 1.165) is 35.4 Å². The smallest absolute Gasteiger partial charge is 0.269 e. The van der Waals surface area contributed by atoms with Crippen LogP contribution in [0.5, 0.6) is 0 Å². The summed E-state index contributed by atoms with van der Waals surface area (Å²) in [5, 5.41) is 13.9. The molecule has 0 aliphatic heterocycles. The van der Waals surface area contributed by atoms with Gasteiger partial charge in [0.25, 0.3) is 5.69 Å². The van der Waals surface area contributed by atoms with Crippen molar-refractivity contribution in [3.63, 3.8) is 0 Å². The number of hydrogen-bond acceptors (Lipinski definition) is 4. The molecule has 1 aromatic heterocycles. The first-order valence-electron chi connectivity index (χ1n) is 7.51. The molecule has 3 rings (SSSR count). The van der Waals surface area contributed by atoms with Crippen LogP contribution in [0, 0.1) is 10.1 Å². The molecule has 1 heterocycles. The Morgan fingerprint density at radius 3 is 2.61 bits per heavy atom. The van der Waals surface area contributed by atoms with Crippen molar-refractivity contribution in [3.8, 4) is 0 Å². The Balaban J connectivity index is 1.95. The van der Waals surface area contributed by atoms with Crippen LogP contribution in [0.1, 0.15) is 11.4 Å².